The summed E-state index contributed by atoms with van der Waals surface area (Å²) in [5.41, 5.74) is 0. The van der Waals surface area contributed by atoms with Gasteiger partial charge in [0.25, 0.3) is 0 Å². The maximum Gasteiger partial charge on any atom is 0.218 e. The highest BCUT2D eigenvalue weighted by molar-refractivity contribution is 5.36. The van der Waals surface area contributed by atoms with Crippen molar-refractivity contribution in [2.75, 3.05) is 25.1 Å². The van der Waals surface area contributed by atoms with Crippen LogP contribution < -0.4 is 10.1 Å². The van der Waals surface area contributed by atoms with E-state index in [0.29, 0.717) is 18.6 Å². The third-order valence-corrected chi connectivity index (χ3v) is 3.14. The minimum atomic E-state index is 0.402. The molecule has 1 aromatic heterocycles. The second-order valence-corrected chi connectivity index (χ2v) is 4.79. The molecule has 5 nitrogen and oxygen atoms in total. The first-order chi connectivity index (χ1) is 9.38. The highest BCUT2D eigenvalue weighted by Crippen LogP contribution is 2.16. The normalized spacial score (nSPS) is 19.1. The van der Waals surface area contributed by atoms with Crippen molar-refractivity contribution in [3.63, 3.8) is 0 Å². The molecule has 0 aliphatic carbocycles. The van der Waals surface area contributed by atoms with Crippen molar-refractivity contribution in [3.8, 4) is 5.88 Å². The van der Waals surface area contributed by atoms with Crippen LogP contribution in [-0.2, 0) is 4.74 Å². The Morgan fingerprint density at radius 2 is 2.37 bits per heavy atom. The molecular weight excluding hydrogens is 242 g/mol. The van der Waals surface area contributed by atoms with E-state index in [1.165, 1.54) is 25.6 Å². The zero-order valence-electron chi connectivity index (χ0n) is 11.6. The van der Waals surface area contributed by atoms with E-state index in [0.717, 1.165) is 31.8 Å². The molecule has 1 unspecified atom stereocenters. The van der Waals surface area contributed by atoms with Gasteiger partial charge in [-0.1, -0.05) is 6.92 Å². The van der Waals surface area contributed by atoms with Crippen LogP contribution in [0.5, 0.6) is 5.88 Å². The van der Waals surface area contributed by atoms with Gasteiger partial charge in [-0.25, -0.2) is 9.97 Å². The monoisotopic (exact) mass is 265 g/mol. The van der Waals surface area contributed by atoms with Crippen molar-refractivity contribution in [1.29, 1.82) is 0 Å². The van der Waals surface area contributed by atoms with Gasteiger partial charge in [-0.3, -0.25) is 0 Å². The van der Waals surface area contributed by atoms with E-state index in [4.69, 9.17) is 9.47 Å². The minimum Gasteiger partial charge on any atom is -0.478 e. The molecule has 0 spiro atoms. The summed E-state index contributed by atoms with van der Waals surface area (Å²) in [6.07, 6.45) is 7.60. The number of rotatable bonds is 7. The van der Waals surface area contributed by atoms with Crippen molar-refractivity contribution in [1.82, 2.24) is 9.97 Å². The molecule has 106 valence electrons. The lowest BCUT2D eigenvalue weighted by Crippen LogP contribution is -2.22. The second kappa shape index (κ2) is 7.94. The van der Waals surface area contributed by atoms with Gasteiger partial charge in [0.05, 0.1) is 12.7 Å². The van der Waals surface area contributed by atoms with Crippen LogP contribution in [0, 0.1) is 0 Å². The maximum atomic E-state index is 5.70. The molecule has 1 fully saturated rings. The third-order valence-electron chi connectivity index (χ3n) is 3.14. The van der Waals surface area contributed by atoms with Gasteiger partial charge in [0.1, 0.15) is 12.1 Å². The number of hydrogen-bond acceptors (Lipinski definition) is 5. The van der Waals surface area contributed by atoms with E-state index in [9.17, 15) is 0 Å². The number of anilines is 1. The first-order valence-electron chi connectivity index (χ1n) is 7.19. The number of nitrogens with one attached hydrogen (secondary N) is 1. The number of hydrogen-bond donors (Lipinski definition) is 1. The average Bonchev–Trinajstić information content (AvgIpc) is 2.47. The Balaban J connectivity index is 1.72. The van der Waals surface area contributed by atoms with E-state index < -0.39 is 0 Å². The van der Waals surface area contributed by atoms with E-state index in [-0.39, 0.29) is 0 Å². The summed E-state index contributed by atoms with van der Waals surface area (Å²) in [5.74, 6) is 1.45. The molecule has 1 saturated heterocycles. The summed E-state index contributed by atoms with van der Waals surface area (Å²) in [4.78, 5) is 8.26. The summed E-state index contributed by atoms with van der Waals surface area (Å²) in [6.45, 7) is 4.54. The van der Waals surface area contributed by atoms with Crippen molar-refractivity contribution in [2.24, 2.45) is 0 Å². The maximum absolute atomic E-state index is 5.70. The van der Waals surface area contributed by atoms with Gasteiger partial charge < -0.3 is 14.8 Å². The fourth-order valence-corrected chi connectivity index (χ4v) is 2.12. The van der Waals surface area contributed by atoms with E-state index in [1.54, 1.807) is 0 Å². The van der Waals surface area contributed by atoms with Gasteiger partial charge in [-0.05, 0) is 32.1 Å². The number of aromatic nitrogens is 2. The lowest BCUT2D eigenvalue weighted by molar-refractivity contribution is 0.0134. The van der Waals surface area contributed by atoms with Gasteiger partial charge in [-0.2, -0.15) is 0 Å². The number of ether oxygens (including phenoxy) is 2. The van der Waals surface area contributed by atoms with Gasteiger partial charge in [0.2, 0.25) is 5.88 Å². The van der Waals surface area contributed by atoms with Crippen LogP contribution in [0.25, 0.3) is 0 Å². The summed E-state index contributed by atoms with van der Waals surface area (Å²) in [7, 11) is 0. The smallest absolute Gasteiger partial charge is 0.218 e. The van der Waals surface area contributed by atoms with Crippen LogP contribution in [0.15, 0.2) is 12.4 Å². The summed E-state index contributed by atoms with van der Waals surface area (Å²) >= 11 is 0. The lowest BCUT2D eigenvalue weighted by Gasteiger charge is -2.22. The zero-order valence-corrected chi connectivity index (χ0v) is 11.6. The molecule has 0 saturated carbocycles. The Morgan fingerprint density at radius 3 is 3.16 bits per heavy atom. The quantitative estimate of drug-likeness (QED) is 0.821. The summed E-state index contributed by atoms with van der Waals surface area (Å²) < 4.78 is 11.2. The molecule has 1 aliphatic heterocycles. The lowest BCUT2D eigenvalue weighted by atomic mass is 10.1. The van der Waals surface area contributed by atoms with Crippen LogP contribution in [-0.4, -0.2) is 35.8 Å². The van der Waals surface area contributed by atoms with Crippen molar-refractivity contribution >= 4 is 5.82 Å². The molecule has 0 amide bonds. The Labute approximate surface area is 114 Å². The highest BCUT2D eigenvalue weighted by Gasteiger charge is 2.13. The fourth-order valence-electron chi connectivity index (χ4n) is 2.12. The van der Waals surface area contributed by atoms with Gasteiger partial charge in [0.15, 0.2) is 0 Å². The molecule has 1 atom stereocenters. The summed E-state index contributed by atoms with van der Waals surface area (Å²) in [5, 5.41) is 3.30. The van der Waals surface area contributed by atoms with Gasteiger partial charge in [0, 0.05) is 19.2 Å². The molecule has 0 radical (unpaired) electrons. The van der Waals surface area contributed by atoms with Crippen molar-refractivity contribution in [2.45, 2.75) is 45.1 Å². The molecule has 1 aliphatic rings. The van der Waals surface area contributed by atoms with Crippen LogP contribution in [0.2, 0.25) is 0 Å². The topological polar surface area (TPSA) is 56.3 Å². The van der Waals surface area contributed by atoms with Gasteiger partial charge in [-0.15, -0.1) is 0 Å². The van der Waals surface area contributed by atoms with E-state index in [2.05, 4.69) is 22.2 Å². The van der Waals surface area contributed by atoms with Crippen LogP contribution >= 0.6 is 0 Å². The predicted molar refractivity (Wildman–Crippen MR) is 74.5 cm³/mol. The largest absolute Gasteiger partial charge is 0.478 e. The Bertz CT molecular complexity index is 367. The van der Waals surface area contributed by atoms with Crippen LogP contribution in [0.1, 0.15) is 39.0 Å². The molecular formula is C14H23N3O2. The Kier molecular flexibility index (Phi) is 5.88. The average molecular weight is 265 g/mol. The van der Waals surface area contributed by atoms with Crippen molar-refractivity contribution < 1.29 is 9.47 Å². The molecule has 5 heteroatoms. The van der Waals surface area contributed by atoms with E-state index >= 15 is 0 Å². The molecule has 0 bridgehead atoms. The molecule has 2 rings (SSSR count). The van der Waals surface area contributed by atoms with E-state index in [1.807, 2.05) is 6.07 Å². The third kappa shape index (κ3) is 5.03. The minimum absolute atomic E-state index is 0.402. The predicted octanol–water partition coefficient (Wildman–Crippen LogP) is 2.64. The zero-order chi connectivity index (χ0) is 13.3. The Hall–Kier alpha value is -1.36. The Morgan fingerprint density at radius 1 is 1.42 bits per heavy atom. The number of nitrogens with zero attached hydrogens (tertiary/aromatic N) is 2. The standard InChI is InChI=1S/C14H23N3O2/c1-2-8-19-14-10-13(16-11-17-14)15-7-6-12-5-3-4-9-18-12/h10-12H,2-9H2,1H3,(H,15,16,17). The summed E-state index contributed by atoms with van der Waals surface area (Å²) in [6, 6.07) is 1.84. The first kappa shape index (κ1) is 14.1. The highest BCUT2D eigenvalue weighted by atomic mass is 16.5. The molecule has 19 heavy (non-hydrogen) atoms. The molecule has 0 aromatic carbocycles. The second-order valence-electron chi connectivity index (χ2n) is 4.79. The molecule has 1 aromatic rings. The van der Waals surface area contributed by atoms with Crippen LogP contribution in [0.3, 0.4) is 0 Å². The fraction of sp³-hybridized carbons (Fsp3) is 0.714. The van der Waals surface area contributed by atoms with Crippen molar-refractivity contribution in [3.05, 3.63) is 12.4 Å². The SMILES string of the molecule is CCCOc1cc(NCCC2CCCCO2)ncn1. The molecule has 2 heterocycles. The van der Waals surface area contributed by atoms with Crippen LogP contribution in [0.4, 0.5) is 5.82 Å². The molecule has 1 N–H and O–H groups in total. The first-order valence-corrected chi connectivity index (χ1v) is 7.19. The van der Waals surface area contributed by atoms with Gasteiger partial charge >= 0.3 is 0 Å².